The SMILES string of the molecule is CCCCC/C=C\C/C=C\CCCCCCCC(=O)O[C@H](COC(=O)CCCCCCCCC/C=C\CCCCCC)COP(=O)(O)OC[C@H](O)COP(=O)(O)OC[C@@H](COC(=O)CCCCCCC/C=C\CCCCCCCC)OC(=O)CCCCCCCCCCCCCCC. The van der Waals surface area contributed by atoms with E-state index >= 15 is 0 Å². The van der Waals surface area contributed by atoms with E-state index in [1.807, 2.05) is 0 Å². The maximum Gasteiger partial charge on any atom is 0.472 e. The molecule has 0 aromatic heterocycles. The predicted molar refractivity (Wildman–Crippen MR) is 400 cm³/mol. The molecular weight excluding hydrogens is 1280 g/mol. The summed E-state index contributed by atoms with van der Waals surface area (Å²) < 4.78 is 68.6. The Morgan fingerprint density at radius 1 is 0.286 bits per heavy atom. The second-order valence-corrected chi connectivity index (χ2v) is 29.9. The van der Waals surface area contributed by atoms with Crippen molar-refractivity contribution < 1.29 is 80.2 Å². The van der Waals surface area contributed by atoms with Gasteiger partial charge in [-0.3, -0.25) is 37.3 Å². The van der Waals surface area contributed by atoms with Gasteiger partial charge < -0.3 is 33.8 Å². The van der Waals surface area contributed by atoms with Crippen molar-refractivity contribution in [2.45, 2.75) is 393 Å². The fourth-order valence-electron chi connectivity index (χ4n) is 11.1. The van der Waals surface area contributed by atoms with Crippen LogP contribution in [0.25, 0.3) is 0 Å². The molecular formula is C79H146O17P2. The van der Waals surface area contributed by atoms with Crippen molar-refractivity contribution in [3.63, 3.8) is 0 Å². The van der Waals surface area contributed by atoms with E-state index in [0.29, 0.717) is 25.7 Å². The maximum absolute atomic E-state index is 13.1. The standard InChI is InChI=1S/C79H146O17P2/c1-5-9-13-17-21-25-29-33-36-40-43-47-51-55-59-63-76(81)89-69-74(95-78(83)65-61-57-53-49-45-39-32-28-24-20-16-12-8-4)71-93-97(85,86)91-67-73(80)68-92-98(87,88)94-72-75(96-79(84)66-62-58-54-50-46-42-38-35-31-27-23-19-15-11-7-3)70-90-77(82)64-60-56-52-48-44-41-37-34-30-26-22-18-14-10-6-2/h23,26-27,30,33,35-36,38,73-75,80H,5-22,24-25,28-29,31-32,34,37,39-72H2,1-4H3,(H,85,86)(H,87,88)/b27-23-,30-26-,36-33-,38-35-/t73-,74-,75-/m1/s1. The van der Waals surface area contributed by atoms with Crippen molar-refractivity contribution in [1.29, 1.82) is 0 Å². The summed E-state index contributed by atoms with van der Waals surface area (Å²) >= 11 is 0. The number of hydrogen-bond acceptors (Lipinski definition) is 15. The van der Waals surface area contributed by atoms with Crippen molar-refractivity contribution in [3.05, 3.63) is 48.6 Å². The van der Waals surface area contributed by atoms with Crippen LogP contribution in [0.1, 0.15) is 374 Å². The molecule has 98 heavy (non-hydrogen) atoms. The Labute approximate surface area is 597 Å². The number of allylic oxidation sites excluding steroid dienone is 8. The first kappa shape index (κ1) is 95.0. The Bertz CT molecular complexity index is 2050. The van der Waals surface area contributed by atoms with Crippen molar-refractivity contribution >= 4 is 39.5 Å². The van der Waals surface area contributed by atoms with Crippen molar-refractivity contribution in [3.8, 4) is 0 Å². The Morgan fingerprint density at radius 3 is 0.796 bits per heavy atom. The normalized spacial score (nSPS) is 14.2. The fourth-order valence-corrected chi connectivity index (χ4v) is 12.7. The zero-order valence-electron chi connectivity index (χ0n) is 62.7. The number of carbonyl (C=O) groups excluding carboxylic acids is 4. The average molecular weight is 1430 g/mol. The molecule has 0 spiro atoms. The Balaban J connectivity index is 5.32. The quantitative estimate of drug-likeness (QED) is 0.0169. The van der Waals surface area contributed by atoms with Crippen LogP contribution in [0.15, 0.2) is 48.6 Å². The summed E-state index contributed by atoms with van der Waals surface area (Å²) in [5, 5.41) is 10.6. The summed E-state index contributed by atoms with van der Waals surface area (Å²) in [5.74, 6) is -2.17. The van der Waals surface area contributed by atoms with E-state index in [4.69, 9.17) is 37.0 Å². The number of ether oxygens (including phenoxy) is 4. The van der Waals surface area contributed by atoms with E-state index in [1.54, 1.807) is 0 Å². The molecule has 17 nitrogen and oxygen atoms in total. The van der Waals surface area contributed by atoms with E-state index in [1.165, 1.54) is 148 Å². The highest BCUT2D eigenvalue weighted by Gasteiger charge is 2.30. The summed E-state index contributed by atoms with van der Waals surface area (Å²) in [6.45, 7) is 4.88. The van der Waals surface area contributed by atoms with Gasteiger partial charge in [-0.1, -0.05) is 288 Å². The lowest BCUT2D eigenvalue weighted by Gasteiger charge is -2.21. The average Bonchev–Trinajstić information content (AvgIpc) is 0.984. The largest absolute Gasteiger partial charge is 0.472 e. The van der Waals surface area contributed by atoms with Gasteiger partial charge in [0.1, 0.15) is 19.3 Å². The number of rotatable bonds is 76. The van der Waals surface area contributed by atoms with Crippen molar-refractivity contribution in [2.24, 2.45) is 0 Å². The Morgan fingerprint density at radius 2 is 0.500 bits per heavy atom. The van der Waals surface area contributed by atoms with Gasteiger partial charge in [-0.15, -0.1) is 0 Å². The molecule has 574 valence electrons. The molecule has 0 fully saturated rings. The van der Waals surface area contributed by atoms with Crippen molar-refractivity contribution in [1.82, 2.24) is 0 Å². The molecule has 0 bridgehead atoms. The number of aliphatic hydroxyl groups excluding tert-OH is 1. The van der Waals surface area contributed by atoms with Gasteiger partial charge in [0.25, 0.3) is 0 Å². The molecule has 0 saturated carbocycles. The highest BCUT2D eigenvalue weighted by atomic mass is 31.2. The maximum atomic E-state index is 13.1. The number of phosphoric ester groups is 2. The summed E-state index contributed by atoms with van der Waals surface area (Å²) in [4.78, 5) is 72.9. The molecule has 19 heteroatoms. The minimum Gasteiger partial charge on any atom is -0.462 e. The molecule has 2 unspecified atom stereocenters. The molecule has 5 atom stereocenters. The van der Waals surface area contributed by atoms with E-state index in [9.17, 15) is 43.2 Å². The Kier molecular flexibility index (Phi) is 70.2. The van der Waals surface area contributed by atoms with Gasteiger partial charge in [-0.2, -0.15) is 0 Å². The van der Waals surface area contributed by atoms with Crippen LogP contribution in [-0.2, 0) is 65.4 Å². The Hall–Kier alpha value is -2.98. The lowest BCUT2D eigenvalue weighted by molar-refractivity contribution is -0.161. The number of aliphatic hydroxyl groups is 1. The van der Waals surface area contributed by atoms with E-state index in [2.05, 4.69) is 76.3 Å². The first-order valence-corrected chi connectivity index (χ1v) is 42.9. The predicted octanol–water partition coefficient (Wildman–Crippen LogP) is 22.9. The van der Waals surface area contributed by atoms with Crippen LogP contribution >= 0.6 is 15.6 Å². The van der Waals surface area contributed by atoms with Gasteiger partial charge >= 0.3 is 39.5 Å². The van der Waals surface area contributed by atoms with Crippen LogP contribution in [0.4, 0.5) is 0 Å². The highest BCUT2D eigenvalue weighted by Crippen LogP contribution is 2.45. The number of phosphoric acid groups is 2. The third kappa shape index (κ3) is 71.4. The molecule has 0 heterocycles. The summed E-state index contributed by atoms with van der Waals surface area (Å²) in [6, 6.07) is 0. The summed E-state index contributed by atoms with van der Waals surface area (Å²) in [5.41, 5.74) is 0. The van der Waals surface area contributed by atoms with Crippen LogP contribution < -0.4 is 0 Å². The molecule has 3 N–H and O–H groups in total. The molecule has 0 aromatic carbocycles. The fraction of sp³-hybridized carbons (Fsp3) is 0.848. The monoisotopic (exact) mass is 1430 g/mol. The van der Waals surface area contributed by atoms with Crippen molar-refractivity contribution in [2.75, 3.05) is 39.6 Å². The minimum absolute atomic E-state index is 0.0831. The highest BCUT2D eigenvalue weighted by molar-refractivity contribution is 7.47. The molecule has 0 aromatic rings. The van der Waals surface area contributed by atoms with E-state index in [-0.39, 0.29) is 25.7 Å². The zero-order valence-corrected chi connectivity index (χ0v) is 64.5. The van der Waals surface area contributed by atoms with Crippen LogP contribution in [-0.4, -0.2) is 96.7 Å². The smallest absolute Gasteiger partial charge is 0.462 e. The molecule has 0 aliphatic carbocycles. The van der Waals surface area contributed by atoms with Crippen LogP contribution in [0.2, 0.25) is 0 Å². The number of esters is 4. The van der Waals surface area contributed by atoms with Crippen LogP contribution in [0.3, 0.4) is 0 Å². The second kappa shape index (κ2) is 72.4. The van der Waals surface area contributed by atoms with Gasteiger partial charge in [-0.25, -0.2) is 9.13 Å². The van der Waals surface area contributed by atoms with Gasteiger partial charge in [-0.05, 0) is 109 Å². The second-order valence-electron chi connectivity index (χ2n) is 27.0. The number of hydrogen-bond donors (Lipinski definition) is 3. The molecule has 0 aliphatic rings. The van der Waals surface area contributed by atoms with Crippen LogP contribution in [0.5, 0.6) is 0 Å². The minimum atomic E-state index is -4.97. The molecule has 0 saturated heterocycles. The zero-order chi connectivity index (χ0) is 71.8. The molecule has 0 radical (unpaired) electrons. The number of unbranched alkanes of at least 4 members (excludes halogenated alkanes) is 42. The first-order chi connectivity index (χ1) is 47.7. The van der Waals surface area contributed by atoms with Gasteiger partial charge in [0.2, 0.25) is 0 Å². The number of carbonyl (C=O) groups is 4. The van der Waals surface area contributed by atoms with E-state index in [0.717, 1.165) is 148 Å². The van der Waals surface area contributed by atoms with Gasteiger partial charge in [0.15, 0.2) is 12.2 Å². The van der Waals surface area contributed by atoms with E-state index < -0.39 is 97.5 Å². The topological polar surface area (TPSA) is 237 Å². The molecule has 0 aliphatic heterocycles. The molecule has 0 amide bonds. The van der Waals surface area contributed by atoms with Gasteiger partial charge in [0.05, 0.1) is 26.4 Å². The lowest BCUT2D eigenvalue weighted by Crippen LogP contribution is -2.30. The third-order valence-corrected chi connectivity index (χ3v) is 19.2. The lowest BCUT2D eigenvalue weighted by atomic mass is 10.0. The van der Waals surface area contributed by atoms with Crippen LogP contribution in [0, 0.1) is 0 Å². The summed E-state index contributed by atoms with van der Waals surface area (Å²) in [7, 11) is -9.94. The summed E-state index contributed by atoms with van der Waals surface area (Å²) in [6.07, 6.45) is 69.4. The third-order valence-electron chi connectivity index (χ3n) is 17.3. The molecule has 0 rings (SSSR count). The first-order valence-electron chi connectivity index (χ1n) is 39.9. The van der Waals surface area contributed by atoms with Gasteiger partial charge in [0, 0.05) is 25.7 Å².